The monoisotopic (exact) mass is 268 g/mol. The van der Waals surface area contributed by atoms with Crippen LogP contribution < -0.4 is 10.6 Å². The second-order valence-electron chi connectivity index (χ2n) is 5.04. The topological polar surface area (TPSA) is 78.4 Å². The van der Waals surface area contributed by atoms with Crippen LogP contribution in [0, 0.1) is 24.2 Å². The molecule has 5 heteroatoms. The van der Waals surface area contributed by atoms with Gasteiger partial charge in [-0.3, -0.25) is 4.79 Å². The molecule has 0 heterocycles. The number of aliphatic carboxylic acids is 1. The minimum absolute atomic E-state index is 0.0334. The summed E-state index contributed by atoms with van der Waals surface area (Å²) >= 11 is 0. The average molecular weight is 268 g/mol. The third-order valence-electron chi connectivity index (χ3n) is 2.60. The maximum atomic E-state index is 11.5. The van der Waals surface area contributed by atoms with E-state index in [1.165, 1.54) is 0 Å². The molecule has 0 aromatic heterocycles. The summed E-state index contributed by atoms with van der Waals surface area (Å²) in [5, 5.41) is 14.2. The van der Waals surface area contributed by atoms with Gasteiger partial charge in [0.2, 0.25) is 0 Å². The summed E-state index contributed by atoms with van der Waals surface area (Å²) in [7, 11) is 0. The van der Waals surface area contributed by atoms with Crippen molar-refractivity contribution in [2.24, 2.45) is 11.8 Å². The van der Waals surface area contributed by atoms with Crippen LogP contribution in [0.4, 0.5) is 4.79 Å². The number of carboxylic acids is 1. The lowest BCUT2D eigenvalue weighted by Crippen LogP contribution is -2.39. The molecule has 0 aliphatic rings. The zero-order chi connectivity index (χ0) is 14.7. The quantitative estimate of drug-likeness (QED) is 0.441. The van der Waals surface area contributed by atoms with Crippen molar-refractivity contribution >= 4 is 12.0 Å². The van der Waals surface area contributed by atoms with Crippen LogP contribution in [0.5, 0.6) is 0 Å². The van der Waals surface area contributed by atoms with Crippen LogP contribution >= 0.6 is 0 Å². The zero-order valence-corrected chi connectivity index (χ0v) is 11.7. The summed E-state index contributed by atoms with van der Waals surface area (Å²) in [4.78, 5) is 22.2. The molecule has 5 nitrogen and oxygen atoms in total. The van der Waals surface area contributed by atoms with Gasteiger partial charge in [0, 0.05) is 25.9 Å². The number of unbranched alkanes of at least 4 members (excludes halogenated alkanes) is 1. The molecule has 19 heavy (non-hydrogen) atoms. The number of amides is 2. The van der Waals surface area contributed by atoms with Crippen molar-refractivity contribution in [2.45, 2.75) is 39.5 Å². The third kappa shape index (κ3) is 11.1. The smallest absolute Gasteiger partial charge is 0.314 e. The molecule has 0 fully saturated rings. The summed E-state index contributed by atoms with van der Waals surface area (Å²) < 4.78 is 0. The number of carbonyl (C=O) groups excluding carboxylic acids is 1. The minimum atomic E-state index is -0.832. The lowest BCUT2D eigenvalue weighted by Gasteiger charge is -2.18. The molecular weight excluding hydrogens is 244 g/mol. The molecule has 2 amide bonds. The lowest BCUT2D eigenvalue weighted by atomic mass is 9.94. The number of terminal acetylenes is 1. The van der Waals surface area contributed by atoms with Gasteiger partial charge < -0.3 is 15.7 Å². The summed E-state index contributed by atoms with van der Waals surface area (Å²) in [6, 6.07) is -0.267. The molecule has 0 bridgehead atoms. The molecule has 108 valence electrons. The first kappa shape index (κ1) is 17.3. The first-order valence-corrected chi connectivity index (χ1v) is 6.62. The molecule has 0 aromatic carbocycles. The van der Waals surface area contributed by atoms with Crippen LogP contribution in [-0.2, 0) is 4.79 Å². The van der Waals surface area contributed by atoms with Gasteiger partial charge in [0.25, 0.3) is 0 Å². The van der Waals surface area contributed by atoms with Crippen molar-refractivity contribution in [2.75, 3.05) is 13.1 Å². The Balaban J connectivity index is 3.92. The number of hydrogen-bond acceptors (Lipinski definition) is 2. The van der Waals surface area contributed by atoms with E-state index in [9.17, 15) is 9.59 Å². The summed E-state index contributed by atoms with van der Waals surface area (Å²) in [5.74, 6) is 2.04. The van der Waals surface area contributed by atoms with Gasteiger partial charge >= 0.3 is 12.0 Å². The van der Waals surface area contributed by atoms with Crippen LogP contribution in [0.25, 0.3) is 0 Å². The van der Waals surface area contributed by atoms with Crippen molar-refractivity contribution in [3.05, 3.63) is 0 Å². The van der Waals surface area contributed by atoms with Gasteiger partial charge in [-0.05, 0) is 24.7 Å². The Bertz CT molecular complexity index is 321. The Kier molecular flexibility index (Phi) is 9.33. The molecule has 0 saturated heterocycles. The van der Waals surface area contributed by atoms with Crippen molar-refractivity contribution in [3.8, 4) is 12.3 Å². The van der Waals surface area contributed by atoms with Gasteiger partial charge in [0.1, 0.15) is 0 Å². The van der Waals surface area contributed by atoms with Crippen LogP contribution in [0.15, 0.2) is 0 Å². The van der Waals surface area contributed by atoms with E-state index >= 15 is 0 Å². The predicted molar refractivity (Wildman–Crippen MR) is 74.7 cm³/mol. The fourth-order valence-electron chi connectivity index (χ4n) is 1.84. The molecule has 1 atom stereocenters. The molecule has 0 aromatic rings. The summed E-state index contributed by atoms with van der Waals surface area (Å²) in [6.45, 7) is 4.98. The second kappa shape index (κ2) is 10.2. The van der Waals surface area contributed by atoms with Crippen molar-refractivity contribution in [1.29, 1.82) is 0 Å². The first-order chi connectivity index (χ1) is 8.95. The fourth-order valence-corrected chi connectivity index (χ4v) is 1.84. The number of rotatable bonds is 9. The highest BCUT2D eigenvalue weighted by molar-refractivity contribution is 5.74. The lowest BCUT2D eigenvalue weighted by molar-refractivity contribution is -0.138. The second-order valence-corrected chi connectivity index (χ2v) is 5.04. The molecule has 0 spiro atoms. The largest absolute Gasteiger partial charge is 0.481 e. The van der Waals surface area contributed by atoms with Gasteiger partial charge in [0.15, 0.2) is 0 Å². The molecule has 0 aliphatic carbocycles. The number of carbonyl (C=O) groups is 2. The fraction of sp³-hybridized carbons (Fsp3) is 0.714. The van der Waals surface area contributed by atoms with Gasteiger partial charge in [-0.25, -0.2) is 4.79 Å². The van der Waals surface area contributed by atoms with Crippen LogP contribution in [-0.4, -0.2) is 30.2 Å². The number of carboxylic acid groups (broad SMARTS) is 1. The number of nitrogens with one attached hydrogen (secondary N) is 2. The number of hydrogen-bond donors (Lipinski definition) is 3. The number of urea groups is 1. The van der Waals surface area contributed by atoms with Gasteiger partial charge in [-0.15, -0.1) is 12.3 Å². The standard InChI is InChI=1S/C14H24N2O3/c1-4-5-6-7-15-14(19)16-10-12(8-11(2)3)9-13(17)18/h1,11-12H,5-10H2,2-3H3,(H,17,18)(H2,15,16,19). The van der Waals surface area contributed by atoms with Crippen molar-refractivity contribution in [1.82, 2.24) is 10.6 Å². The van der Waals surface area contributed by atoms with Crippen LogP contribution in [0.3, 0.4) is 0 Å². The maximum Gasteiger partial charge on any atom is 0.314 e. The third-order valence-corrected chi connectivity index (χ3v) is 2.60. The Labute approximate surface area is 115 Å². The van der Waals surface area contributed by atoms with Crippen LogP contribution in [0.1, 0.15) is 39.5 Å². The Hall–Kier alpha value is -1.70. The highest BCUT2D eigenvalue weighted by atomic mass is 16.4. The Morgan fingerprint density at radius 1 is 1.32 bits per heavy atom. The summed E-state index contributed by atoms with van der Waals surface area (Å²) in [6.07, 6.45) is 7.34. The van der Waals surface area contributed by atoms with E-state index < -0.39 is 5.97 Å². The van der Waals surface area contributed by atoms with Crippen LogP contribution in [0.2, 0.25) is 0 Å². The van der Waals surface area contributed by atoms with E-state index in [1.807, 2.05) is 13.8 Å². The van der Waals surface area contributed by atoms with E-state index in [2.05, 4.69) is 16.6 Å². The maximum absolute atomic E-state index is 11.5. The predicted octanol–water partition coefficient (Wildman–Crippen LogP) is 1.84. The van der Waals surface area contributed by atoms with E-state index in [0.717, 1.165) is 12.8 Å². The first-order valence-electron chi connectivity index (χ1n) is 6.62. The molecule has 0 radical (unpaired) electrons. The highest BCUT2D eigenvalue weighted by Gasteiger charge is 2.15. The van der Waals surface area contributed by atoms with Gasteiger partial charge in [-0.2, -0.15) is 0 Å². The van der Waals surface area contributed by atoms with Crippen molar-refractivity contribution in [3.63, 3.8) is 0 Å². The molecule has 0 aliphatic heterocycles. The molecular formula is C14H24N2O3. The SMILES string of the molecule is C#CCCCNC(=O)NCC(CC(=O)O)CC(C)C. The molecule has 0 rings (SSSR count). The summed E-state index contributed by atoms with van der Waals surface area (Å²) in [5.41, 5.74) is 0. The van der Waals surface area contributed by atoms with Crippen molar-refractivity contribution < 1.29 is 14.7 Å². The van der Waals surface area contributed by atoms with Gasteiger partial charge in [0.05, 0.1) is 0 Å². The Morgan fingerprint density at radius 2 is 2.00 bits per heavy atom. The van der Waals surface area contributed by atoms with E-state index in [4.69, 9.17) is 11.5 Å². The minimum Gasteiger partial charge on any atom is -0.481 e. The highest BCUT2D eigenvalue weighted by Crippen LogP contribution is 2.14. The zero-order valence-electron chi connectivity index (χ0n) is 11.7. The average Bonchev–Trinajstić information content (AvgIpc) is 2.30. The van der Waals surface area contributed by atoms with Gasteiger partial charge in [-0.1, -0.05) is 13.8 Å². The Morgan fingerprint density at radius 3 is 2.53 bits per heavy atom. The normalized spacial score (nSPS) is 11.7. The molecule has 1 unspecified atom stereocenters. The van der Waals surface area contributed by atoms with E-state index in [1.54, 1.807) is 0 Å². The van der Waals surface area contributed by atoms with E-state index in [0.29, 0.717) is 25.4 Å². The molecule has 3 N–H and O–H groups in total. The van der Waals surface area contributed by atoms with E-state index in [-0.39, 0.29) is 18.4 Å². The molecule has 0 saturated carbocycles.